The Morgan fingerprint density at radius 3 is 1.35 bits per heavy atom. The zero-order valence-corrected chi connectivity index (χ0v) is 25.1. The highest BCUT2D eigenvalue weighted by Gasteiger charge is 2.49. The monoisotopic (exact) mass is 496 g/mol. The van der Waals surface area contributed by atoms with Crippen LogP contribution in [0.1, 0.15) is 141 Å². The molecule has 200 valence electrons. The smallest absolute Gasteiger partial charge is 0.0120 e. The van der Waals surface area contributed by atoms with Crippen LogP contribution in [0.25, 0.3) is 11.1 Å². The fourth-order valence-electron chi connectivity index (χ4n) is 7.64. The summed E-state index contributed by atoms with van der Waals surface area (Å²) in [6.45, 7) is 19.5. The number of fused-ring (bicyclic) bond motifs is 2. The van der Waals surface area contributed by atoms with Crippen LogP contribution in [0.3, 0.4) is 0 Å². The van der Waals surface area contributed by atoms with Crippen molar-refractivity contribution in [2.45, 2.75) is 119 Å². The van der Waals surface area contributed by atoms with Crippen LogP contribution in [0.5, 0.6) is 0 Å². The van der Waals surface area contributed by atoms with Gasteiger partial charge in [-0.25, -0.2) is 0 Å². The lowest BCUT2D eigenvalue weighted by Crippen LogP contribution is -2.31. The van der Waals surface area contributed by atoms with Crippen molar-refractivity contribution in [1.82, 2.24) is 0 Å². The number of allylic oxidation sites excluding steroid dienone is 4. The van der Waals surface area contributed by atoms with Crippen molar-refractivity contribution in [3.8, 4) is 0 Å². The van der Waals surface area contributed by atoms with Gasteiger partial charge in [0.15, 0.2) is 0 Å². The molecule has 2 unspecified atom stereocenters. The molecule has 37 heavy (non-hydrogen) atoms. The second-order valence-electron chi connectivity index (χ2n) is 13.3. The fourth-order valence-corrected chi connectivity index (χ4v) is 7.64. The van der Waals surface area contributed by atoms with E-state index >= 15 is 0 Å². The van der Waals surface area contributed by atoms with Gasteiger partial charge in [0, 0.05) is 11.8 Å². The lowest BCUT2D eigenvalue weighted by molar-refractivity contribution is 0.262. The summed E-state index contributed by atoms with van der Waals surface area (Å²) in [6, 6.07) is 18.9. The highest BCUT2D eigenvalue weighted by Crippen LogP contribution is 2.63. The summed E-state index contributed by atoms with van der Waals surface area (Å²) >= 11 is 0. The first-order chi connectivity index (χ1) is 17.7. The summed E-state index contributed by atoms with van der Waals surface area (Å²) < 4.78 is 0. The Balaban J connectivity index is 1.92. The van der Waals surface area contributed by atoms with Gasteiger partial charge in [-0.1, -0.05) is 128 Å². The Bertz CT molecular complexity index is 1050. The molecule has 2 aliphatic rings. The Kier molecular flexibility index (Phi) is 8.88. The van der Waals surface area contributed by atoms with Crippen molar-refractivity contribution in [2.75, 3.05) is 0 Å². The van der Waals surface area contributed by atoms with Gasteiger partial charge in [-0.3, -0.25) is 0 Å². The van der Waals surface area contributed by atoms with Gasteiger partial charge in [0.2, 0.25) is 0 Å². The Morgan fingerprint density at radius 2 is 1.00 bits per heavy atom. The first-order valence-corrected chi connectivity index (χ1v) is 15.3. The zero-order valence-electron chi connectivity index (χ0n) is 25.1. The summed E-state index contributed by atoms with van der Waals surface area (Å²) in [5.74, 6) is 2.29. The van der Waals surface area contributed by atoms with Crippen LogP contribution in [-0.4, -0.2) is 0 Å². The lowest BCUT2D eigenvalue weighted by Gasteiger charge is -2.42. The topological polar surface area (TPSA) is 0 Å². The Morgan fingerprint density at radius 1 is 0.622 bits per heavy atom. The lowest BCUT2D eigenvalue weighted by atomic mass is 9.61. The van der Waals surface area contributed by atoms with Gasteiger partial charge >= 0.3 is 0 Å². The van der Waals surface area contributed by atoms with E-state index in [1.54, 1.807) is 44.5 Å². The summed E-state index contributed by atoms with van der Waals surface area (Å²) in [6.07, 6.45) is 9.94. The van der Waals surface area contributed by atoms with Crippen LogP contribution >= 0.6 is 0 Å². The van der Waals surface area contributed by atoms with E-state index in [0.717, 1.165) is 0 Å². The average Bonchev–Trinajstić information content (AvgIpc) is 3.33. The molecule has 2 atom stereocenters. The first-order valence-electron chi connectivity index (χ1n) is 15.3. The molecule has 0 fully saturated rings. The molecule has 0 bridgehead atoms. The van der Waals surface area contributed by atoms with Gasteiger partial charge in [0.1, 0.15) is 0 Å². The molecule has 0 saturated heterocycles. The van der Waals surface area contributed by atoms with Crippen molar-refractivity contribution in [2.24, 2.45) is 17.3 Å². The number of rotatable bonds is 12. The number of unbranched alkanes of at least 4 members (excludes halogenated alkanes) is 2. The molecule has 0 N–H and O–H groups in total. The van der Waals surface area contributed by atoms with Crippen molar-refractivity contribution < 1.29 is 0 Å². The third-order valence-corrected chi connectivity index (χ3v) is 8.97. The highest BCUT2D eigenvalue weighted by atomic mass is 14.5. The molecule has 0 spiro atoms. The zero-order chi connectivity index (χ0) is 26.7. The fraction of sp³-hybridized carbons (Fsp3) is 0.568. The van der Waals surface area contributed by atoms with Crippen LogP contribution in [-0.2, 0) is 0 Å². The van der Waals surface area contributed by atoms with E-state index < -0.39 is 0 Å². The van der Waals surface area contributed by atoms with Crippen molar-refractivity contribution in [3.05, 3.63) is 81.9 Å². The Labute approximate surface area is 228 Å². The number of hydrogen-bond acceptors (Lipinski definition) is 0. The van der Waals surface area contributed by atoms with E-state index in [1.165, 1.54) is 51.4 Å². The van der Waals surface area contributed by atoms with E-state index in [4.69, 9.17) is 0 Å². The second kappa shape index (κ2) is 11.8. The van der Waals surface area contributed by atoms with E-state index in [2.05, 4.69) is 104 Å². The maximum atomic E-state index is 2.61. The van der Waals surface area contributed by atoms with E-state index in [-0.39, 0.29) is 5.41 Å². The molecular weight excluding hydrogens is 444 g/mol. The SMILES string of the molecule is CCCCC1=C(CC(C)C)C(C(C)(C)C2C(CC(C)C)=C(CCCC)c3ccccc32)c2ccccc21. The van der Waals surface area contributed by atoms with Gasteiger partial charge in [-0.2, -0.15) is 0 Å². The van der Waals surface area contributed by atoms with Crippen LogP contribution in [0.4, 0.5) is 0 Å². The van der Waals surface area contributed by atoms with E-state index in [1.807, 2.05) is 0 Å². The minimum Gasteiger partial charge on any atom is -0.0654 e. The molecule has 0 heteroatoms. The van der Waals surface area contributed by atoms with Gasteiger partial charge in [-0.15, -0.1) is 0 Å². The molecule has 0 radical (unpaired) electrons. The molecule has 0 amide bonds. The molecule has 2 aliphatic carbocycles. The van der Waals surface area contributed by atoms with E-state index in [0.29, 0.717) is 23.7 Å². The maximum absolute atomic E-state index is 2.61. The van der Waals surface area contributed by atoms with Crippen molar-refractivity contribution in [3.63, 3.8) is 0 Å². The van der Waals surface area contributed by atoms with Crippen LogP contribution in [0.2, 0.25) is 0 Å². The molecular formula is C37H52. The predicted molar refractivity (Wildman–Crippen MR) is 164 cm³/mol. The van der Waals surface area contributed by atoms with Gasteiger partial charge in [0.25, 0.3) is 0 Å². The number of hydrogen-bond donors (Lipinski definition) is 0. The molecule has 0 aliphatic heterocycles. The summed E-state index contributed by atoms with van der Waals surface area (Å²) in [4.78, 5) is 0. The minimum atomic E-state index is 0.0998. The normalized spacial score (nSPS) is 19.4. The van der Waals surface area contributed by atoms with Crippen LogP contribution in [0, 0.1) is 17.3 Å². The average molecular weight is 497 g/mol. The predicted octanol–water partition coefficient (Wildman–Crippen LogP) is 11.6. The number of benzene rings is 2. The Hall–Kier alpha value is -2.08. The summed E-state index contributed by atoms with van der Waals surface area (Å²) in [5, 5.41) is 0. The van der Waals surface area contributed by atoms with Gasteiger partial charge in [0.05, 0.1) is 0 Å². The largest absolute Gasteiger partial charge is 0.0654 e. The highest BCUT2D eigenvalue weighted by molar-refractivity contribution is 5.81. The molecule has 0 aromatic heterocycles. The standard InChI is InChI=1S/C37H52/c1-9-11-17-29-27-19-13-15-21-31(27)35(33(29)23-25(3)4)37(7,8)36-32-22-16-14-20-28(32)30(18-12-10-2)34(36)24-26(5)6/h13-16,19-22,25-26,35-36H,9-12,17-18,23-24H2,1-8H3. The van der Waals surface area contributed by atoms with E-state index in [9.17, 15) is 0 Å². The van der Waals surface area contributed by atoms with Crippen LogP contribution < -0.4 is 0 Å². The molecule has 2 aromatic carbocycles. The van der Waals surface area contributed by atoms with Gasteiger partial charge < -0.3 is 0 Å². The quantitative estimate of drug-likeness (QED) is 0.274. The van der Waals surface area contributed by atoms with Crippen molar-refractivity contribution >= 4 is 11.1 Å². The second-order valence-corrected chi connectivity index (χ2v) is 13.3. The van der Waals surface area contributed by atoms with Crippen molar-refractivity contribution in [1.29, 1.82) is 0 Å². The van der Waals surface area contributed by atoms with Crippen LogP contribution in [0.15, 0.2) is 59.7 Å². The molecule has 0 heterocycles. The van der Waals surface area contributed by atoms with Gasteiger partial charge in [-0.05, 0) is 89.2 Å². The minimum absolute atomic E-state index is 0.0998. The summed E-state index contributed by atoms with van der Waals surface area (Å²) in [5.41, 5.74) is 13.2. The molecule has 0 saturated carbocycles. The molecule has 4 rings (SSSR count). The molecule has 2 aromatic rings. The molecule has 0 nitrogen and oxygen atoms in total. The maximum Gasteiger partial charge on any atom is 0.0120 e. The third-order valence-electron chi connectivity index (χ3n) is 8.97. The summed E-state index contributed by atoms with van der Waals surface area (Å²) in [7, 11) is 0. The first kappa shape index (κ1) is 27.9. The third kappa shape index (κ3) is 5.41.